The van der Waals surface area contributed by atoms with E-state index in [1.54, 1.807) is 0 Å². The molecule has 0 saturated heterocycles. The summed E-state index contributed by atoms with van der Waals surface area (Å²) in [5.41, 5.74) is 1.30. The Kier molecular flexibility index (Phi) is 5.91. The summed E-state index contributed by atoms with van der Waals surface area (Å²) >= 11 is 0. The van der Waals surface area contributed by atoms with Crippen molar-refractivity contribution >= 4 is 5.96 Å². The number of nitrogens with one attached hydrogen (secondary N) is 2. The van der Waals surface area contributed by atoms with Crippen molar-refractivity contribution in [2.24, 2.45) is 4.99 Å². The molecule has 1 aliphatic carbocycles. The van der Waals surface area contributed by atoms with Crippen LogP contribution in [0.4, 0.5) is 13.2 Å². The molecule has 0 spiro atoms. The van der Waals surface area contributed by atoms with Crippen molar-refractivity contribution in [3.8, 4) is 0 Å². The highest BCUT2D eigenvalue weighted by Gasteiger charge is 2.38. The summed E-state index contributed by atoms with van der Waals surface area (Å²) < 4.78 is 36.8. The molecule has 2 N–H and O–H groups in total. The molecule has 1 aromatic carbocycles. The van der Waals surface area contributed by atoms with Crippen molar-refractivity contribution in [1.29, 1.82) is 0 Å². The first-order chi connectivity index (χ1) is 11.0. The molecule has 3 nitrogen and oxygen atoms in total. The van der Waals surface area contributed by atoms with Gasteiger partial charge < -0.3 is 10.6 Å². The van der Waals surface area contributed by atoms with Crippen molar-refractivity contribution in [3.63, 3.8) is 0 Å². The predicted octanol–water partition coefficient (Wildman–Crippen LogP) is 3.62. The zero-order chi connectivity index (χ0) is 16.8. The molecule has 6 heteroatoms. The Morgan fingerprint density at radius 3 is 2.39 bits per heavy atom. The molecular weight excluding hydrogens is 303 g/mol. The fourth-order valence-electron chi connectivity index (χ4n) is 2.83. The zero-order valence-electron chi connectivity index (χ0n) is 13.4. The number of aliphatic imine (C=N–C) groups is 1. The third-order valence-electron chi connectivity index (χ3n) is 4.28. The highest BCUT2D eigenvalue weighted by molar-refractivity contribution is 5.79. The number of benzene rings is 1. The minimum Gasteiger partial charge on any atom is -0.357 e. The Hall–Kier alpha value is -1.72. The maximum absolute atomic E-state index is 12.3. The largest absolute Gasteiger partial charge is 0.390 e. The van der Waals surface area contributed by atoms with Crippen LogP contribution in [-0.4, -0.2) is 31.8 Å². The lowest BCUT2D eigenvalue weighted by Crippen LogP contribution is -2.42. The van der Waals surface area contributed by atoms with Crippen LogP contribution in [0.3, 0.4) is 0 Å². The molecule has 0 amide bonds. The number of nitrogens with zero attached hydrogens (tertiary/aromatic N) is 1. The topological polar surface area (TPSA) is 36.4 Å². The smallest absolute Gasteiger partial charge is 0.357 e. The van der Waals surface area contributed by atoms with Gasteiger partial charge in [-0.05, 0) is 25.3 Å². The number of rotatable bonds is 6. The van der Waals surface area contributed by atoms with Gasteiger partial charge >= 0.3 is 6.18 Å². The maximum Gasteiger partial charge on any atom is 0.390 e. The highest BCUT2D eigenvalue weighted by atomic mass is 19.4. The first kappa shape index (κ1) is 17.6. The summed E-state index contributed by atoms with van der Waals surface area (Å²) in [5, 5.41) is 5.78. The number of hydrogen-bond acceptors (Lipinski definition) is 1. The van der Waals surface area contributed by atoms with E-state index < -0.39 is 12.6 Å². The first-order valence-electron chi connectivity index (χ1n) is 8.10. The third kappa shape index (κ3) is 5.15. The fourth-order valence-corrected chi connectivity index (χ4v) is 2.83. The second kappa shape index (κ2) is 7.70. The number of hydrogen-bond donors (Lipinski definition) is 2. The van der Waals surface area contributed by atoms with Gasteiger partial charge in [0.05, 0.1) is 13.0 Å². The molecule has 0 aromatic heterocycles. The van der Waals surface area contributed by atoms with E-state index in [-0.39, 0.29) is 12.0 Å². The highest BCUT2D eigenvalue weighted by Crippen LogP contribution is 2.43. The van der Waals surface area contributed by atoms with E-state index in [9.17, 15) is 13.2 Å². The van der Waals surface area contributed by atoms with Crippen LogP contribution in [0.5, 0.6) is 0 Å². The average Bonchev–Trinajstić information content (AvgIpc) is 2.46. The van der Waals surface area contributed by atoms with Crippen molar-refractivity contribution in [1.82, 2.24) is 10.6 Å². The normalized spacial score (nSPS) is 17.5. The van der Waals surface area contributed by atoms with Gasteiger partial charge in [-0.3, -0.25) is 4.99 Å². The summed E-state index contributed by atoms with van der Waals surface area (Å²) in [6, 6.07) is 10.2. The van der Waals surface area contributed by atoms with Gasteiger partial charge in [0.1, 0.15) is 0 Å². The molecule has 0 unspecified atom stereocenters. The maximum atomic E-state index is 12.3. The van der Waals surface area contributed by atoms with Gasteiger partial charge in [0, 0.05) is 18.5 Å². The summed E-state index contributed by atoms with van der Waals surface area (Å²) in [6.07, 6.45) is -1.70. The van der Waals surface area contributed by atoms with Gasteiger partial charge in [-0.1, -0.05) is 36.8 Å². The van der Waals surface area contributed by atoms with Crippen LogP contribution in [0, 0.1) is 0 Å². The van der Waals surface area contributed by atoms with E-state index in [1.807, 2.05) is 25.1 Å². The minimum absolute atomic E-state index is 0.0354. The van der Waals surface area contributed by atoms with Crippen LogP contribution in [0.2, 0.25) is 0 Å². The monoisotopic (exact) mass is 327 g/mol. The van der Waals surface area contributed by atoms with Crippen LogP contribution in [0.1, 0.15) is 38.2 Å². The molecule has 1 fully saturated rings. The van der Waals surface area contributed by atoms with Crippen molar-refractivity contribution < 1.29 is 13.2 Å². The Bertz CT molecular complexity index is 508. The quantitative estimate of drug-likeness (QED) is 0.618. The van der Waals surface area contributed by atoms with Crippen LogP contribution < -0.4 is 10.6 Å². The summed E-state index contributed by atoms with van der Waals surface area (Å²) in [4.78, 5) is 4.53. The third-order valence-corrected chi connectivity index (χ3v) is 4.28. The van der Waals surface area contributed by atoms with E-state index in [0.29, 0.717) is 19.0 Å². The molecule has 1 aliphatic rings. The number of halogens is 3. The average molecular weight is 327 g/mol. The Morgan fingerprint density at radius 2 is 1.87 bits per heavy atom. The van der Waals surface area contributed by atoms with Crippen LogP contribution in [-0.2, 0) is 5.41 Å². The van der Waals surface area contributed by atoms with Crippen LogP contribution >= 0.6 is 0 Å². The number of alkyl halides is 3. The van der Waals surface area contributed by atoms with Gasteiger partial charge in [0.2, 0.25) is 0 Å². The van der Waals surface area contributed by atoms with Crippen LogP contribution in [0.15, 0.2) is 35.3 Å². The van der Waals surface area contributed by atoms with E-state index in [2.05, 4.69) is 27.8 Å². The number of guanidine groups is 1. The lowest BCUT2D eigenvalue weighted by molar-refractivity contribution is -0.132. The molecule has 0 atom stereocenters. The molecule has 1 aromatic rings. The minimum atomic E-state index is -4.15. The Balaban J connectivity index is 1.98. The molecular formula is C17H24F3N3. The molecule has 128 valence electrons. The Labute approximate surface area is 135 Å². The van der Waals surface area contributed by atoms with Gasteiger partial charge in [-0.2, -0.15) is 13.2 Å². The van der Waals surface area contributed by atoms with Gasteiger partial charge in [0.15, 0.2) is 5.96 Å². The lowest BCUT2D eigenvalue weighted by atomic mass is 9.64. The second-order valence-corrected chi connectivity index (χ2v) is 5.99. The molecule has 23 heavy (non-hydrogen) atoms. The van der Waals surface area contributed by atoms with E-state index in [1.165, 1.54) is 12.0 Å². The molecule has 0 bridgehead atoms. The van der Waals surface area contributed by atoms with Gasteiger partial charge in [-0.25, -0.2) is 0 Å². The molecule has 1 saturated carbocycles. The second-order valence-electron chi connectivity index (χ2n) is 5.99. The van der Waals surface area contributed by atoms with E-state index in [4.69, 9.17) is 0 Å². The Morgan fingerprint density at radius 1 is 1.17 bits per heavy atom. The summed E-state index contributed by atoms with van der Waals surface area (Å²) in [5.74, 6) is 0.457. The predicted molar refractivity (Wildman–Crippen MR) is 86.6 cm³/mol. The standard InChI is InChI=1S/C17H24F3N3/c1-2-21-15(22-12-11-17(18,19)20)23-13-16(9-6-10-16)14-7-4-3-5-8-14/h3-5,7-8H,2,6,9-13H2,1H3,(H2,21,22,23). The van der Waals surface area contributed by atoms with Crippen molar-refractivity contribution in [2.75, 3.05) is 19.6 Å². The molecule has 0 radical (unpaired) electrons. The summed E-state index contributed by atoms with van der Waals surface area (Å²) in [7, 11) is 0. The van der Waals surface area contributed by atoms with Crippen LogP contribution in [0.25, 0.3) is 0 Å². The molecule has 2 rings (SSSR count). The van der Waals surface area contributed by atoms with E-state index >= 15 is 0 Å². The van der Waals surface area contributed by atoms with Crippen molar-refractivity contribution in [2.45, 2.75) is 44.2 Å². The molecule has 0 heterocycles. The van der Waals surface area contributed by atoms with E-state index in [0.717, 1.165) is 12.8 Å². The lowest BCUT2D eigenvalue weighted by Gasteiger charge is -2.41. The van der Waals surface area contributed by atoms with Crippen molar-refractivity contribution in [3.05, 3.63) is 35.9 Å². The van der Waals surface area contributed by atoms with Gasteiger partial charge in [0.25, 0.3) is 0 Å². The fraction of sp³-hybridized carbons (Fsp3) is 0.588. The molecule has 0 aliphatic heterocycles. The SMILES string of the molecule is CCNC(=NCC1(c2ccccc2)CCC1)NCCC(F)(F)F. The van der Waals surface area contributed by atoms with Gasteiger partial charge in [-0.15, -0.1) is 0 Å². The summed E-state index contributed by atoms with van der Waals surface area (Å²) in [6.45, 7) is 2.96. The zero-order valence-corrected chi connectivity index (χ0v) is 13.4. The first-order valence-corrected chi connectivity index (χ1v) is 8.10.